The Labute approximate surface area is 107 Å². The molecule has 1 aromatic heterocycles. The zero-order valence-electron chi connectivity index (χ0n) is 9.73. The molecular weight excluding hydrogens is 232 g/mol. The molecule has 1 aromatic carbocycles. The minimum absolute atomic E-state index is 0.260. The maximum Gasteiger partial charge on any atom is 0.0541 e. The number of nitrogens with zero attached hydrogens (tertiary/aromatic N) is 1. The van der Waals surface area contributed by atoms with Crippen LogP contribution in [0.15, 0.2) is 48.7 Å². The molecular formula is C14H15ClN2. The summed E-state index contributed by atoms with van der Waals surface area (Å²) in [6, 6.07) is 14.1. The molecule has 0 radical (unpaired) electrons. The maximum atomic E-state index is 5.97. The van der Waals surface area contributed by atoms with Gasteiger partial charge in [-0.25, -0.2) is 0 Å². The van der Waals surface area contributed by atoms with Gasteiger partial charge in [0.15, 0.2) is 0 Å². The van der Waals surface area contributed by atoms with Crippen molar-refractivity contribution < 1.29 is 0 Å². The lowest BCUT2D eigenvalue weighted by Gasteiger charge is -2.14. The summed E-state index contributed by atoms with van der Waals surface area (Å²) in [5.41, 5.74) is 2.23. The van der Waals surface area contributed by atoms with E-state index in [0.717, 1.165) is 17.3 Å². The molecule has 0 fully saturated rings. The van der Waals surface area contributed by atoms with Crippen molar-refractivity contribution in [2.24, 2.45) is 0 Å². The standard InChI is InChI=1S/C14H15ClN2/c1-11(12-5-4-6-13(15)9-12)17-10-14-7-2-3-8-16-14/h2-9,11,17H,10H2,1H3/t11-/m1/s1. The van der Waals surface area contributed by atoms with Crippen LogP contribution in [-0.2, 0) is 6.54 Å². The predicted octanol–water partition coefficient (Wildman–Crippen LogP) is 3.59. The van der Waals surface area contributed by atoms with E-state index in [4.69, 9.17) is 11.6 Å². The average molecular weight is 247 g/mol. The largest absolute Gasteiger partial charge is 0.305 e. The van der Waals surface area contributed by atoms with Gasteiger partial charge >= 0.3 is 0 Å². The summed E-state index contributed by atoms with van der Waals surface area (Å²) in [4.78, 5) is 4.27. The molecule has 0 amide bonds. The molecule has 2 rings (SSSR count). The molecule has 0 saturated carbocycles. The van der Waals surface area contributed by atoms with Gasteiger partial charge in [0.2, 0.25) is 0 Å². The number of aromatic nitrogens is 1. The highest BCUT2D eigenvalue weighted by molar-refractivity contribution is 6.30. The van der Waals surface area contributed by atoms with Crippen LogP contribution in [0, 0.1) is 0 Å². The van der Waals surface area contributed by atoms with Crippen LogP contribution < -0.4 is 5.32 Å². The zero-order valence-corrected chi connectivity index (χ0v) is 10.5. The lowest BCUT2D eigenvalue weighted by molar-refractivity contribution is 0.568. The Kier molecular flexibility index (Phi) is 4.13. The van der Waals surface area contributed by atoms with E-state index in [9.17, 15) is 0 Å². The molecule has 0 aliphatic rings. The van der Waals surface area contributed by atoms with Crippen molar-refractivity contribution in [3.05, 3.63) is 64.9 Å². The number of halogens is 1. The fourth-order valence-corrected chi connectivity index (χ4v) is 1.85. The second-order valence-electron chi connectivity index (χ2n) is 3.98. The number of nitrogens with one attached hydrogen (secondary N) is 1. The van der Waals surface area contributed by atoms with E-state index in [1.807, 2.05) is 36.4 Å². The molecule has 0 aliphatic heterocycles. The van der Waals surface area contributed by atoms with Crippen LogP contribution in [0.2, 0.25) is 5.02 Å². The van der Waals surface area contributed by atoms with Gasteiger partial charge in [-0.1, -0.05) is 29.8 Å². The molecule has 0 aliphatic carbocycles. The van der Waals surface area contributed by atoms with E-state index in [1.54, 1.807) is 6.20 Å². The third-order valence-corrected chi connectivity index (χ3v) is 2.90. The van der Waals surface area contributed by atoms with Crippen molar-refractivity contribution in [1.82, 2.24) is 10.3 Å². The van der Waals surface area contributed by atoms with E-state index in [-0.39, 0.29) is 6.04 Å². The van der Waals surface area contributed by atoms with Gasteiger partial charge in [-0.15, -0.1) is 0 Å². The number of rotatable bonds is 4. The lowest BCUT2D eigenvalue weighted by atomic mass is 10.1. The normalized spacial score (nSPS) is 12.4. The first-order valence-electron chi connectivity index (χ1n) is 5.64. The Morgan fingerprint density at radius 3 is 2.82 bits per heavy atom. The molecule has 17 heavy (non-hydrogen) atoms. The molecule has 88 valence electrons. The maximum absolute atomic E-state index is 5.97. The van der Waals surface area contributed by atoms with Gasteiger partial charge in [0.25, 0.3) is 0 Å². The molecule has 0 saturated heterocycles. The van der Waals surface area contributed by atoms with E-state index in [1.165, 1.54) is 5.56 Å². The average Bonchev–Trinajstić information content (AvgIpc) is 2.37. The van der Waals surface area contributed by atoms with Crippen molar-refractivity contribution in [3.63, 3.8) is 0 Å². The Morgan fingerprint density at radius 1 is 1.24 bits per heavy atom. The highest BCUT2D eigenvalue weighted by Gasteiger charge is 2.05. The Bertz CT molecular complexity index is 471. The Hall–Kier alpha value is -1.38. The minimum Gasteiger partial charge on any atom is -0.305 e. The first-order chi connectivity index (χ1) is 8.25. The van der Waals surface area contributed by atoms with E-state index < -0.39 is 0 Å². The fourth-order valence-electron chi connectivity index (χ4n) is 1.65. The van der Waals surface area contributed by atoms with Crippen LogP contribution in [-0.4, -0.2) is 4.98 Å². The molecule has 2 nitrogen and oxygen atoms in total. The van der Waals surface area contributed by atoms with Crippen molar-refractivity contribution in [2.45, 2.75) is 19.5 Å². The summed E-state index contributed by atoms with van der Waals surface area (Å²) in [5, 5.41) is 4.19. The van der Waals surface area contributed by atoms with Crippen LogP contribution in [0.25, 0.3) is 0 Å². The SMILES string of the molecule is C[C@@H](NCc1ccccn1)c1cccc(Cl)c1. The third kappa shape index (κ3) is 3.55. The molecule has 1 atom stereocenters. The fraction of sp³-hybridized carbons (Fsp3) is 0.214. The molecule has 0 spiro atoms. The number of pyridine rings is 1. The summed E-state index contributed by atoms with van der Waals surface area (Å²) in [6.45, 7) is 2.88. The molecule has 0 unspecified atom stereocenters. The van der Waals surface area contributed by atoms with Crippen molar-refractivity contribution in [3.8, 4) is 0 Å². The molecule has 2 aromatic rings. The molecule has 1 heterocycles. The summed E-state index contributed by atoms with van der Waals surface area (Å²) in [6.07, 6.45) is 1.81. The van der Waals surface area contributed by atoms with Crippen molar-refractivity contribution in [2.75, 3.05) is 0 Å². The van der Waals surface area contributed by atoms with Gasteiger partial charge in [-0.05, 0) is 36.8 Å². The van der Waals surface area contributed by atoms with Gasteiger partial charge in [0, 0.05) is 23.8 Å². The highest BCUT2D eigenvalue weighted by atomic mass is 35.5. The van der Waals surface area contributed by atoms with Gasteiger partial charge in [-0.2, -0.15) is 0 Å². The topological polar surface area (TPSA) is 24.9 Å². The Morgan fingerprint density at radius 2 is 2.12 bits per heavy atom. The van der Waals surface area contributed by atoms with Crippen LogP contribution in [0.4, 0.5) is 0 Å². The highest BCUT2D eigenvalue weighted by Crippen LogP contribution is 2.17. The smallest absolute Gasteiger partial charge is 0.0541 e. The van der Waals surface area contributed by atoms with Gasteiger partial charge in [-0.3, -0.25) is 4.98 Å². The third-order valence-electron chi connectivity index (χ3n) is 2.66. The minimum atomic E-state index is 0.260. The van der Waals surface area contributed by atoms with E-state index in [2.05, 4.69) is 23.3 Å². The lowest BCUT2D eigenvalue weighted by Crippen LogP contribution is -2.18. The Balaban J connectivity index is 1.96. The number of benzene rings is 1. The number of hydrogen-bond donors (Lipinski definition) is 1. The monoisotopic (exact) mass is 246 g/mol. The van der Waals surface area contributed by atoms with Crippen LogP contribution in [0.1, 0.15) is 24.2 Å². The quantitative estimate of drug-likeness (QED) is 0.892. The molecule has 1 N–H and O–H groups in total. The molecule has 0 bridgehead atoms. The first-order valence-corrected chi connectivity index (χ1v) is 6.02. The van der Waals surface area contributed by atoms with E-state index in [0.29, 0.717) is 0 Å². The summed E-state index contributed by atoms with van der Waals surface area (Å²) >= 11 is 5.97. The summed E-state index contributed by atoms with van der Waals surface area (Å²) < 4.78 is 0. The summed E-state index contributed by atoms with van der Waals surface area (Å²) in [7, 11) is 0. The van der Waals surface area contributed by atoms with Crippen LogP contribution in [0.5, 0.6) is 0 Å². The number of hydrogen-bond acceptors (Lipinski definition) is 2. The predicted molar refractivity (Wildman–Crippen MR) is 70.9 cm³/mol. The second-order valence-corrected chi connectivity index (χ2v) is 4.42. The first kappa shape index (κ1) is 12.1. The van der Waals surface area contributed by atoms with Crippen molar-refractivity contribution >= 4 is 11.6 Å². The zero-order chi connectivity index (χ0) is 12.1. The molecule has 3 heteroatoms. The van der Waals surface area contributed by atoms with Gasteiger partial charge in [0.1, 0.15) is 0 Å². The van der Waals surface area contributed by atoms with Crippen LogP contribution in [0.3, 0.4) is 0 Å². The van der Waals surface area contributed by atoms with Crippen molar-refractivity contribution in [1.29, 1.82) is 0 Å². The summed E-state index contributed by atoms with van der Waals surface area (Å²) in [5.74, 6) is 0. The van der Waals surface area contributed by atoms with Gasteiger partial charge < -0.3 is 5.32 Å². The van der Waals surface area contributed by atoms with Crippen LogP contribution >= 0.6 is 11.6 Å². The van der Waals surface area contributed by atoms with Gasteiger partial charge in [0.05, 0.1) is 5.69 Å². The second kappa shape index (κ2) is 5.80. The van der Waals surface area contributed by atoms with E-state index >= 15 is 0 Å².